The van der Waals surface area contributed by atoms with E-state index in [1.807, 2.05) is 40.1 Å². The number of carbonyl (C=O) groups is 1. The van der Waals surface area contributed by atoms with Crippen LogP contribution in [0.5, 0.6) is 0 Å². The first-order valence-electron chi connectivity index (χ1n) is 6.22. The first kappa shape index (κ1) is 14.5. The molecule has 1 atom stereocenters. The lowest BCUT2D eigenvalue weighted by molar-refractivity contribution is 0.0937. The number of hydrogen-bond donors (Lipinski definition) is 2. The standard InChI is InChI=1S/C14H23N3O/c1-10-6-5-7-12(15)13(10)14(18)16-11(2)8-9-17(3)4/h5-7,11H,8-9,15H2,1-4H3,(H,16,18). The van der Waals surface area contributed by atoms with Gasteiger partial charge in [-0.1, -0.05) is 12.1 Å². The van der Waals surface area contributed by atoms with Crippen molar-refractivity contribution in [1.29, 1.82) is 0 Å². The number of nitrogen functional groups attached to an aromatic ring is 1. The van der Waals surface area contributed by atoms with Crippen LogP contribution in [-0.2, 0) is 0 Å². The van der Waals surface area contributed by atoms with Gasteiger partial charge in [0, 0.05) is 11.7 Å². The van der Waals surface area contributed by atoms with Crippen molar-refractivity contribution in [2.75, 3.05) is 26.4 Å². The van der Waals surface area contributed by atoms with Crippen LogP contribution in [0.1, 0.15) is 29.3 Å². The van der Waals surface area contributed by atoms with E-state index in [0.29, 0.717) is 11.3 Å². The Labute approximate surface area is 109 Å². The first-order chi connectivity index (χ1) is 8.41. The van der Waals surface area contributed by atoms with Gasteiger partial charge in [0.1, 0.15) is 0 Å². The molecule has 0 heterocycles. The topological polar surface area (TPSA) is 58.4 Å². The molecule has 0 bridgehead atoms. The lowest BCUT2D eigenvalue weighted by Gasteiger charge is -2.18. The van der Waals surface area contributed by atoms with Crippen LogP contribution < -0.4 is 11.1 Å². The molecule has 0 aliphatic carbocycles. The Balaban J connectivity index is 2.65. The molecule has 0 fully saturated rings. The maximum atomic E-state index is 12.1. The van der Waals surface area contributed by atoms with E-state index in [2.05, 4.69) is 10.2 Å². The fourth-order valence-corrected chi connectivity index (χ4v) is 1.82. The fourth-order valence-electron chi connectivity index (χ4n) is 1.82. The number of aryl methyl sites for hydroxylation is 1. The van der Waals surface area contributed by atoms with Gasteiger partial charge >= 0.3 is 0 Å². The molecule has 0 aliphatic heterocycles. The highest BCUT2D eigenvalue weighted by Crippen LogP contribution is 2.16. The molecule has 0 saturated carbocycles. The van der Waals surface area contributed by atoms with Crippen molar-refractivity contribution in [2.45, 2.75) is 26.3 Å². The molecule has 1 aromatic carbocycles. The number of nitrogens with two attached hydrogens (primary N) is 1. The van der Waals surface area contributed by atoms with Gasteiger partial charge in [-0.2, -0.15) is 0 Å². The van der Waals surface area contributed by atoms with Crippen molar-refractivity contribution >= 4 is 11.6 Å². The normalized spacial score (nSPS) is 12.5. The Morgan fingerprint density at radius 3 is 2.67 bits per heavy atom. The molecular formula is C14H23N3O. The van der Waals surface area contributed by atoms with Gasteiger partial charge in [0.05, 0.1) is 5.56 Å². The minimum atomic E-state index is -0.0862. The molecule has 4 nitrogen and oxygen atoms in total. The Kier molecular flexibility index (Phi) is 5.16. The number of anilines is 1. The highest BCUT2D eigenvalue weighted by Gasteiger charge is 2.14. The van der Waals surface area contributed by atoms with E-state index in [-0.39, 0.29) is 11.9 Å². The van der Waals surface area contributed by atoms with Crippen molar-refractivity contribution in [3.05, 3.63) is 29.3 Å². The zero-order valence-electron chi connectivity index (χ0n) is 11.7. The van der Waals surface area contributed by atoms with Crippen molar-refractivity contribution in [2.24, 2.45) is 0 Å². The molecule has 1 aromatic rings. The molecule has 0 aromatic heterocycles. The molecule has 1 rings (SSSR count). The molecule has 0 saturated heterocycles. The predicted octanol–water partition coefficient (Wildman–Crippen LogP) is 1.65. The van der Waals surface area contributed by atoms with E-state index < -0.39 is 0 Å². The lowest BCUT2D eigenvalue weighted by atomic mass is 10.1. The molecule has 1 unspecified atom stereocenters. The fraction of sp³-hybridized carbons (Fsp3) is 0.500. The van der Waals surface area contributed by atoms with Crippen molar-refractivity contribution in [3.63, 3.8) is 0 Å². The highest BCUT2D eigenvalue weighted by atomic mass is 16.1. The van der Waals surface area contributed by atoms with Gasteiger partial charge in [-0.05, 0) is 52.5 Å². The van der Waals surface area contributed by atoms with Gasteiger partial charge in [0.25, 0.3) is 5.91 Å². The second-order valence-electron chi connectivity index (χ2n) is 5.01. The molecule has 4 heteroatoms. The summed E-state index contributed by atoms with van der Waals surface area (Å²) in [5.74, 6) is -0.0862. The van der Waals surface area contributed by atoms with Crippen LogP contribution in [0.15, 0.2) is 18.2 Å². The number of carbonyl (C=O) groups excluding carboxylic acids is 1. The summed E-state index contributed by atoms with van der Waals surface area (Å²) in [6, 6.07) is 5.65. The largest absolute Gasteiger partial charge is 0.398 e. The number of benzene rings is 1. The zero-order chi connectivity index (χ0) is 13.7. The monoisotopic (exact) mass is 249 g/mol. The van der Waals surface area contributed by atoms with Crippen molar-refractivity contribution in [1.82, 2.24) is 10.2 Å². The lowest BCUT2D eigenvalue weighted by Crippen LogP contribution is -2.35. The summed E-state index contributed by atoms with van der Waals surface area (Å²) in [6.07, 6.45) is 0.921. The van der Waals surface area contributed by atoms with Gasteiger partial charge < -0.3 is 16.0 Å². The van der Waals surface area contributed by atoms with Crippen LogP contribution in [0.2, 0.25) is 0 Å². The van der Waals surface area contributed by atoms with Crippen molar-refractivity contribution in [3.8, 4) is 0 Å². The van der Waals surface area contributed by atoms with Crippen LogP contribution in [0.25, 0.3) is 0 Å². The van der Waals surface area contributed by atoms with E-state index in [1.54, 1.807) is 6.07 Å². The Hall–Kier alpha value is -1.55. The first-order valence-corrected chi connectivity index (χ1v) is 6.22. The van der Waals surface area contributed by atoms with E-state index in [0.717, 1.165) is 18.5 Å². The maximum absolute atomic E-state index is 12.1. The summed E-state index contributed by atoms with van der Waals surface area (Å²) in [5, 5.41) is 2.99. The quantitative estimate of drug-likeness (QED) is 0.780. The van der Waals surface area contributed by atoms with Gasteiger partial charge in [0.15, 0.2) is 0 Å². The van der Waals surface area contributed by atoms with Crippen LogP contribution in [0.3, 0.4) is 0 Å². The Morgan fingerprint density at radius 1 is 1.44 bits per heavy atom. The molecule has 3 N–H and O–H groups in total. The van der Waals surface area contributed by atoms with E-state index >= 15 is 0 Å². The average molecular weight is 249 g/mol. The molecule has 100 valence electrons. The number of rotatable bonds is 5. The SMILES string of the molecule is Cc1cccc(N)c1C(=O)NC(C)CCN(C)C. The number of hydrogen-bond acceptors (Lipinski definition) is 3. The summed E-state index contributed by atoms with van der Waals surface area (Å²) >= 11 is 0. The second kappa shape index (κ2) is 6.40. The summed E-state index contributed by atoms with van der Waals surface area (Å²) in [7, 11) is 4.04. The third-order valence-electron chi connectivity index (χ3n) is 2.92. The molecule has 1 amide bonds. The summed E-state index contributed by atoms with van der Waals surface area (Å²) < 4.78 is 0. The Bertz CT molecular complexity index is 395. The van der Waals surface area contributed by atoms with Crippen molar-refractivity contribution < 1.29 is 4.79 Å². The van der Waals surface area contributed by atoms with Crippen LogP contribution in [-0.4, -0.2) is 37.5 Å². The predicted molar refractivity (Wildman–Crippen MR) is 75.7 cm³/mol. The third-order valence-corrected chi connectivity index (χ3v) is 2.92. The molecule has 0 aliphatic rings. The van der Waals surface area contributed by atoms with Crippen LogP contribution in [0.4, 0.5) is 5.69 Å². The minimum absolute atomic E-state index is 0.0862. The van der Waals surface area contributed by atoms with Gasteiger partial charge in [-0.25, -0.2) is 0 Å². The van der Waals surface area contributed by atoms with Crippen LogP contribution in [0, 0.1) is 6.92 Å². The van der Waals surface area contributed by atoms with E-state index in [4.69, 9.17) is 5.73 Å². The van der Waals surface area contributed by atoms with Crippen LogP contribution >= 0.6 is 0 Å². The van der Waals surface area contributed by atoms with E-state index in [9.17, 15) is 4.79 Å². The molecule has 18 heavy (non-hydrogen) atoms. The average Bonchev–Trinajstić information content (AvgIpc) is 2.26. The van der Waals surface area contributed by atoms with E-state index in [1.165, 1.54) is 0 Å². The highest BCUT2D eigenvalue weighted by molar-refractivity contribution is 6.00. The second-order valence-corrected chi connectivity index (χ2v) is 5.01. The summed E-state index contributed by atoms with van der Waals surface area (Å²) in [5.41, 5.74) is 7.89. The Morgan fingerprint density at radius 2 is 2.11 bits per heavy atom. The molecule has 0 radical (unpaired) electrons. The maximum Gasteiger partial charge on any atom is 0.253 e. The smallest absolute Gasteiger partial charge is 0.253 e. The summed E-state index contributed by atoms with van der Waals surface area (Å²) in [4.78, 5) is 14.2. The molecular weight excluding hydrogens is 226 g/mol. The number of nitrogens with one attached hydrogen (secondary N) is 1. The minimum Gasteiger partial charge on any atom is -0.398 e. The van der Waals surface area contributed by atoms with Gasteiger partial charge in [0.2, 0.25) is 0 Å². The number of amides is 1. The van der Waals surface area contributed by atoms with Gasteiger partial charge in [-0.15, -0.1) is 0 Å². The summed E-state index contributed by atoms with van der Waals surface area (Å²) in [6.45, 7) is 4.86. The van der Waals surface area contributed by atoms with Gasteiger partial charge in [-0.3, -0.25) is 4.79 Å². The number of nitrogens with zero attached hydrogens (tertiary/aromatic N) is 1. The zero-order valence-corrected chi connectivity index (χ0v) is 11.7. The third kappa shape index (κ3) is 4.04. The molecule has 0 spiro atoms.